The van der Waals surface area contributed by atoms with Crippen LogP contribution in [0.25, 0.3) is 11.3 Å². The number of hydrogen-bond donors (Lipinski definition) is 0. The summed E-state index contributed by atoms with van der Waals surface area (Å²) in [6, 6.07) is 17.4. The third-order valence-corrected chi connectivity index (χ3v) is 3.95. The monoisotopic (exact) mass is 330 g/mol. The second-order valence-electron chi connectivity index (χ2n) is 5.57. The van der Waals surface area contributed by atoms with E-state index in [1.54, 1.807) is 7.11 Å². The second-order valence-corrected chi connectivity index (χ2v) is 5.57. The zero-order valence-corrected chi connectivity index (χ0v) is 14.0. The second kappa shape index (κ2) is 7.45. The molecule has 1 aromatic heterocycles. The Morgan fingerprint density at radius 1 is 1.16 bits per heavy atom. The Morgan fingerprint density at radius 3 is 2.48 bits per heavy atom. The Hall–Kier alpha value is -3.39. The zero-order valence-electron chi connectivity index (χ0n) is 14.0. The highest BCUT2D eigenvalue weighted by Gasteiger charge is 2.14. The van der Waals surface area contributed by atoms with E-state index in [1.807, 2.05) is 59.3 Å². The van der Waals surface area contributed by atoms with Crippen LogP contribution >= 0.6 is 0 Å². The number of aromatic nitrogens is 3. The van der Waals surface area contributed by atoms with E-state index in [0.717, 1.165) is 28.3 Å². The molecule has 0 aliphatic carbocycles. The maximum Gasteiger partial charge on any atom is 0.118 e. The highest BCUT2D eigenvalue weighted by atomic mass is 16.5. The first-order valence-electron chi connectivity index (χ1n) is 7.92. The molecule has 5 heteroatoms. The van der Waals surface area contributed by atoms with Crippen molar-refractivity contribution in [3.63, 3.8) is 0 Å². The highest BCUT2D eigenvalue weighted by Crippen LogP contribution is 2.24. The number of benzene rings is 2. The quantitative estimate of drug-likeness (QED) is 0.648. The van der Waals surface area contributed by atoms with Crippen LogP contribution in [0, 0.1) is 11.3 Å². The van der Waals surface area contributed by atoms with Crippen molar-refractivity contribution >= 4 is 0 Å². The van der Waals surface area contributed by atoms with Gasteiger partial charge in [-0.25, -0.2) is 4.68 Å². The maximum atomic E-state index is 8.90. The number of nitriles is 1. The van der Waals surface area contributed by atoms with Crippen molar-refractivity contribution < 1.29 is 4.74 Å². The van der Waals surface area contributed by atoms with Crippen LogP contribution in [-0.2, 0) is 13.0 Å². The van der Waals surface area contributed by atoms with Gasteiger partial charge in [0.2, 0.25) is 0 Å². The zero-order chi connectivity index (χ0) is 17.6. The van der Waals surface area contributed by atoms with Gasteiger partial charge in [-0.2, -0.15) is 5.26 Å². The summed E-state index contributed by atoms with van der Waals surface area (Å²) < 4.78 is 7.08. The molecule has 0 fully saturated rings. The predicted molar refractivity (Wildman–Crippen MR) is 96.2 cm³/mol. The molecule has 0 saturated heterocycles. The number of hydrogen-bond acceptors (Lipinski definition) is 4. The Balaban J connectivity index is 1.92. The summed E-state index contributed by atoms with van der Waals surface area (Å²) in [5.74, 6) is 0.805. The molecule has 0 unspecified atom stereocenters. The van der Waals surface area contributed by atoms with Gasteiger partial charge in [0.25, 0.3) is 0 Å². The van der Waals surface area contributed by atoms with Crippen LogP contribution in [0.1, 0.15) is 16.8 Å². The van der Waals surface area contributed by atoms with Crippen molar-refractivity contribution in [3.8, 4) is 23.1 Å². The molecule has 25 heavy (non-hydrogen) atoms. The topological polar surface area (TPSA) is 63.7 Å². The van der Waals surface area contributed by atoms with Crippen molar-refractivity contribution in [1.29, 1.82) is 5.26 Å². The lowest BCUT2D eigenvalue weighted by Crippen LogP contribution is -2.06. The van der Waals surface area contributed by atoms with Crippen LogP contribution in [-0.4, -0.2) is 22.1 Å². The number of methoxy groups -OCH3 is 1. The molecule has 0 bridgehead atoms. The molecule has 0 spiro atoms. The van der Waals surface area contributed by atoms with Crippen molar-refractivity contribution in [1.82, 2.24) is 15.0 Å². The molecular weight excluding hydrogens is 312 g/mol. The molecule has 0 aliphatic heterocycles. The van der Waals surface area contributed by atoms with Crippen LogP contribution in [0.3, 0.4) is 0 Å². The van der Waals surface area contributed by atoms with Crippen molar-refractivity contribution in [2.45, 2.75) is 13.0 Å². The average molecular weight is 330 g/mol. The fourth-order valence-electron chi connectivity index (χ4n) is 2.63. The van der Waals surface area contributed by atoms with Gasteiger partial charge >= 0.3 is 0 Å². The minimum atomic E-state index is 0.595. The lowest BCUT2D eigenvalue weighted by molar-refractivity contribution is 0.415. The summed E-state index contributed by atoms with van der Waals surface area (Å²) in [6.45, 7) is 4.44. The van der Waals surface area contributed by atoms with Crippen molar-refractivity contribution in [2.24, 2.45) is 0 Å². The molecule has 5 nitrogen and oxygen atoms in total. The van der Waals surface area contributed by atoms with E-state index >= 15 is 0 Å². The first-order chi connectivity index (χ1) is 12.2. The Morgan fingerprint density at radius 2 is 1.88 bits per heavy atom. The highest BCUT2D eigenvalue weighted by molar-refractivity contribution is 5.62. The molecule has 3 aromatic rings. The molecule has 2 aromatic carbocycles. The summed E-state index contributed by atoms with van der Waals surface area (Å²) in [6.07, 6.45) is 2.52. The van der Waals surface area contributed by atoms with Gasteiger partial charge < -0.3 is 4.74 Å². The van der Waals surface area contributed by atoms with Gasteiger partial charge in [-0.1, -0.05) is 23.4 Å². The molecule has 0 saturated carbocycles. The maximum absolute atomic E-state index is 8.90. The summed E-state index contributed by atoms with van der Waals surface area (Å²) in [7, 11) is 1.64. The largest absolute Gasteiger partial charge is 0.497 e. The van der Waals surface area contributed by atoms with Gasteiger partial charge in [0.05, 0.1) is 31.0 Å². The Labute approximate surface area is 146 Å². The standard InChI is InChI=1S/C20H18N4O/c1-3-4-19-20(17-9-11-18(25-2)12-10-17)22-23-24(19)14-16-7-5-15(13-21)6-8-16/h3,5-12H,1,4,14H2,2H3. The van der Waals surface area contributed by atoms with E-state index in [1.165, 1.54) is 0 Å². The third kappa shape index (κ3) is 3.59. The average Bonchev–Trinajstić information content (AvgIpc) is 3.05. The SMILES string of the molecule is C=CCc1c(-c2ccc(OC)cc2)nnn1Cc1ccc(C#N)cc1. The lowest BCUT2D eigenvalue weighted by atomic mass is 10.1. The molecular formula is C20H18N4O. The van der Waals surface area contributed by atoms with Gasteiger partial charge in [0.15, 0.2) is 0 Å². The normalized spacial score (nSPS) is 10.2. The predicted octanol–water partition coefficient (Wildman–Crippen LogP) is 3.60. The Bertz CT molecular complexity index is 902. The van der Waals surface area contributed by atoms with Crippen molar-refractivity contribution in [2.75, 3.05) is 7.11 Å². The molecule has 0 atom stereocenters. The number of nitrogens with zero attached hydrogens (tertiary/aromatic N) is 4. The lowest BCUT2D eigenvalue weighted by Gasteiger charge is -2.07. The fraction of sp³-hybridized carbons (Fsp3) is 0.150. The molecule has 1 heterocycles. The van der Waals surface area contributed by atoms with Crippen LogP contribution < -0.4 is 4.74 Å². The summed E-state index contributed by atoms with van der Waals surface area (Å²) in [4.78, 5) is 0. The number of allylic oxidation sites excluding steroid dienone is 1. The number of rotatable bonds is 6. The van der Waals surface area contributed by atoms with E-state index in [0.29, 0.717) is 18.5 Å². The summed E-state index contributed by atoms with van der Waals surface area (Å²) >= 11 is 0. The van der Waals surface area contributed by atoms with E-state index < -0.39 is 0 Å². The minimum Gasteiger partial charge on any atom is -0.497 e. The molecule has 3 rings (SSSR count). The molecule has 0 radical (unpaired) electrons. The smallest absolute Gasteiger partial charge is 0.118 e. The third-order valence-electron chi connectivity index (χ3n) is 3.95. The van der Waals surface area contributed by atoms with Gasteiger partial charge in [-0.15, -0.1) is 11.7 Å². The summed E-state index contributed by atoms with van der Waals surface area (Å²) in [5, 5.41) is 17.6. The van der Waals surface area contributed by atoms with E-state index in [4.69, 9.17) is 10.00 Å². The molecule has 0 N–H and O–H groups in total. The first-order valence-corrected chi connectivity index (χ1v) is 7.92. The van der Waals surface area contributed by atoms with Crippen LogP contribution in [0.15, 0.2) is 61.2 Å². The van der Waals surface area contributed by atoms with Gasteiger partial charge in [-0.3, -0.25) is 0 Å². The Kier molecular flexibility index (Phi) is 4.91. The first kappa shape index (κ1) is 16.5. The van der Waals surface area contributed by atoms with Crippen molar-refractivity contribution in [3.05, 3.63) is 78.0 Å². The van der Waals surface area contributed by atoms with E-state index in [2.05, 4.69) is 23.0 Å². The number of ether oxygens (including phenoxy) is 1. The van der Waals surface area contributed by atoms with Crippen LogP contribution in [0.4, 0.5) is 0 Å². The fourth-order valence-corrected chi connectivity index (χ4v) is 2.63. The van der Waals surface area contributed by atoms with E-state index in [9.17, 15) is 0 Å². The van der Waals surface area contributed by atoms with E-state index in [-0.39, 0.29) is 0 Å². The van der Waals surface area contributed by atoms with Gasteiger partial charge in [0, 0.05) is 12.0 Å². The van der Waals surface area contributed by atoms with Gasteiger partial charge in [-0.05, 0) is 42.0 Å². The molecule has 0 aliphatic rings. The van der Waals surface area contributed by atoms with Crippen LogP contribution in [0.2, 0.25) is 0 Å². The van der Waals surface area contributed by atoms with Crippen LogP contribution in [0.5, 0.6) is 5.75 Å². The molecule has 124 valence electrons. The minimum absolute atomic E-state index is 0.595. The van der Waals surface area contributed by atoms with Gasteiger partial charge in [0.1, 0.15) is 11.4 Å². The molecule has 0 amide bonds. The summed E-state index contributed by atoms with van der Waals surface area (Å²) in [5.41, 5.74) is 4.55.